The standard InChI is InChI=1S/C15H20N2O2S2/c1-3-16-10-13-5-4-6-15(9-13)21(18,19)17-11-14-8-7-12(2)20-14/h4-9,16-17H,3,10-11H2,1-2H3. The van der Waals surface area contributed by atoms with E-state index in [-0.39, 0.29) is 0 Å². The van der Waals surface area contributed by atoms with Crippen LogP contribution in [-0.4, -0.2) is 15.0 Å². The molecule has 0 amide bonds. The molecule has 114 valence electrons. The molecule has 2 aromatic rings. The number of aryl methyl sites for hydroxylation is 1. The SMILES string of the molecule is CCNCc1cccc(S(=O)(=O)NCc2ccc(C)s2)c1. The zero-order valence-corrected chi connectivity index (χ0v) is 13.9. The second-order valence-electron chi connectivity index (χ2n) is 4.76. The van der Waals surface area contributed by atoms with Crippen LogP contribution in [0.5, 0.6) is 0 Å². The van der Waals surface area contributed by atoms with Gasteiger partial charge in [0.25, 0.3) is 0 Å². The molecular weight excluding hydrogens is 304 g/mol. The minimum absolute atomic E-state index is 0.311. The van der Waals surface area contributed by atoms with Gasteiger partial charge in [0.05, 0.1) is 4.90 Å². The summed E-state index contributed by atoms with van der Waals surface area (Å²) in [4.78, 5) is 2.50. The number of hydrogen-bond donors (Lipinski definition) is 2. The predicted octanol–water partition coefficient (Wildman–Crippen LogP) is 2.64. The van der Waals surface area contributed by atoms with Crippen LogP contribution in [0.1, 0.15) is 22.2 Å². The Morgan fingerprint density at radius 2 is 1.95 bits per heavy atom. The minimum Gasteiger partial charge on any atom is -0.313 e. The Morgan fingerprint density at radius 3 is 2.62 bits per heavy atom. The quantitative estimate of drug-likeness (QED) is 0.823. The van der Waals surface area contributed by atoms with Gasteiger partial charge in [-0.2, -0.15) is 0 Å². The summed E-state index contributed by atoms with van der Waals surface area (Å²) in [7, 11) is -3.47. The Kier molecular flexibility index (Phi) is 5.52. The lowest BCUT2D eigenvalue weighted by molar-refractivity contribution is 0.581. The van der Waals surface area contributed by atoms with E-state index in [1.165, 1.54) is 4.88 Å². The molecule has 1 heterocycles. The monoisotopic (exact) mass is 324 g/mol. The molecule has 0 fully saturated rings. The molecule has 0 aliphatic rings. The van der Waals surface area contributed by atoms with Gasteiger partial charge in [0.1, 0.15) is 0 Å². The van der Waals surface area contributed by atoms with Gasteiger partial charge < -0.3 is 5.32 Å². The van der Waals surface area contributed by atoms with E-state index in [2.05, 4.69) is 10.0 Å². The molecule has 21 heavy (non-hydrogen) atoms. The molecule has 0 unspecified atom stereocenters. The molecule has 2 rings (SSSR count). The molecule has 0 spiro atoms. The van der Waals surface area contributed by atoms with Gasteiger partial charge in [-0.15, -0.1) is 11.3 Å². The lowest BCUT2D eigenvalue weighted by atomic mass is 10.2. The predicted molar refractivity (Wildman–Crippen MR) is 86.9 cm³/mol. The van der Waals surface area contributed by atoms with Gasteiger partial charge >= 0.3 is 0 Å². The first-order valence-corrected chi connectivity index (χ1v) is 9.16. The Morgan fingerprint density at radius 1 is 1.14 bits per heavy atom. The number of thiophene rings is 1. The molecule has 1 aromatic heterocycles. The highest BCUT2D eigenvalue weighted by Gasteiger charge is 2.14. The lowest BCUT2D eigenvalue weighted by Crippen LogP contribution is -2.23. The average Bonchev–Trinajstić information content (AvgIpc) is 2.89. The van der Waals surface area contributed by atoms with Crippen LogP contribution in [0.3, 0.4) is 0 Å². The van der Waals surface area contributed by atoms with Crippen LogP contribution in [0, 0.1) is 6.92 Å². The summed E-state index contributed by atoms with van der Waals surface area (Å²) < 4.78 is 27.3. The molecule has 4 nitrogen and oxygen atoms in total. The molecule has 0 radical (unpaired) electrons. The highest BCUT2D eigenvalue weighted by Crippen LogP contribution is 2.16. The van der Waals surface area contributed by atoms with E-state index in [0.29, 0.717) is 18.0 Å². The molecule has 0 atom stereocenters. The molecule has 1 aromatic carbocycles. The topological polar surface area (TPSA) is 58.2 Å². The van der Waals surface area contributed by atoms with Crippen LogP contribution < -0.4 is 10.0 Å². The maximum atomic E-state index is 12.3. The van der Waals surface area contributed by atoms with Crippen LogP contribution in [0.15, 0.2) is 41.3 Å². The average molecular weight is 324 g/mol. The Bertz CT molecular complexity index is 693. The fourth-order valence-corrected chi connectivity index (χ4v) is 3.92. The highest BCUT2D eigenvalue weighted by atomic mass is 32.2. The first-order valence-electron chi connectivity index (χ1n) is 6.86. The molecule has 0 aliphatic carbocycles. The fraction of sp³-hybridized carbons (Fsp3) is 0.333. The normalized spacial score (nSPS) is 11.7. The zero-order chi connectivity index (χ0) is 15.3. The fourth-order valence-electron chi connectivity index (χ4n) is 1.92. The van der Waals surface area contributed by atoms with E-state index in [1.54, 1.807) is 29.5 Å². The van der Waals surface area contributed by atoms with Gasteiger partial charge in [0.15, 0.2) is 0 Å². The van der Waals surface area contributed by atoms with Crippen LogP contribution in [0.2, 0.25) is 0 Å². The molecule has 0 bridgehead atoms. The van der Waals surface area contributed by atoms with Gasteiger partial charge in [-0.1, -0.05) is 19.1 Å². The van der Waals surface area contributed by atoms with Crippen LogP contribution in [0.4, 0.5) is 0 Å². The van der Waals surface area contributed by atoms with E-state index in [0.717, 1.165) is 17.0 Å². The summed E-state index contributed by atoms with van der Waals surface area (Å²) in [6, 6.07) is 11.0. The van der Waals surface area contributed by atoms with Crippen molar-refractivity contribution >= 4 is 21.4 Å². The number of nitrogens with one attached hydrogen (secondary N) is 2. The van der Waals surface area contributed by atoms with Crippen molar-refractivity contribution < 1.29 is 8.42 Å². The summed E-state index contributed by atoms with van der Waals surface area (Å²) in [6.45, 7) is 5.88. The van der Waals surface area contributed by atoms with Crippen molar-refractivity contribution in [2.24, 2.45) is 0 Å². The van der Waals surface area contributed by atoms with E-state index < -0.39 is 10.0 Å². The van der Waals surface area contributed by atoms with E-state index in [1.807, 2.05) is 32.0 Å². The third kappa shape index (κ3) is 4.64. The number of hydrogen-bond acceptors (Lipinski definition) is 4. The van der Waals surface area contributed by atoms with Gasteiger partial charge in [-0.05, 0) is 43.3 Å². The molecule has 6 heteroatoms. The van der Waals surface area contributed by atoms with Crippen molar-refractivity contribution in [2.75, 3.05) is 6.54 Å². The minimum atomic E-state index is -3.47. The smallest absolute Gasteiger partial charge is 0.240 e. The molecule has 2 N–H and O–H groups in total. The largest absolute Gasteiger partial charge is 0.313 e. The second-order valence-corrected chi connectivity index (χ2v) is 7.90. The molecular formula is C15H20N2O2S2. The van der Waals surface area contributed by atoms with Gasteiger partial charge in [0, 0.05) is 22.8 Å². The second kappa shape index (κ2) is 7.17. The Labute approximate surface area is 130 Å². The van der Waals surface area contributed by atoms with Crippen molar-refractivity contribution in [3.63, 3.8) is 0 Å². The van der Waals surface area contributed by atoms with E-state index in [4.69, 9.17) is 0 Å². The first kappa shape index (κ1) is 16.2. The molecule has 0 aliphatic heterocycles. The third-order valence-corrected chi connectivity index (χ3v) is 5.42. The lowest BCUT2D eigenvalue weighted by Gasteiger charge is -2.08. The van der Waals surface area contributed by atoms with Gasteiger partial charge in [0.2, 0.25) is 10.0 Å². The Balaban J connectivity index is 2.08. The van der Waals surface area contributed by atoms with E-state index in [9.17, 15) is 8.42 Å². The number of sulfonamides is 1. The summed E-state index contributed by atoms with van der Waals surface area (Å²) in [5.41, 5.74) is 0.965. The Hall–Kier alpha value is -1.21. The van der Waals surface area contributed by atoms with Crippen molar-refractivity contribution in [1.29, 1.82) is 0 Å². The summed E-state index contributed by atoms with van der Waals surface area (Å²) in [5.74, 6) is 0. The van der Waals surface area contributed by atoms with Crippen molar-refractivity contribution in [3.05, 3.63) is 51.7 Å². The molecule has 0 saturated heterocycles. The summed E-state index contributed by atoms with van der Waals surface area (Å²) >= 11 is 1.60. The van der Waals surface area contributed by atoms with Crippen molar-refractivity contribution in [1.82, 2.24) is 10.0 Å². The van der Waals surface area contributed by atoms with E-state index >= 15 is 0 Å². The third-order valence-electron chi connectivity index (χ3n) is 3.02. The summed E-state index contributed by atoms with van der Waals surface area (Å²) in [6.07, 6.45) is 0. The van der Waals surface area contributed by atoms with Crippen molar-refractivity contribution in [3.8, 4) is 0 Å². The molecule has 0 saturated carbocycles. The maximum absolute atomic E-state index is 12.3. The first-order chi connectivity index (χ1) is 10.0. The van der Waals surface area contributed by atoms with Gasteiger partial charge in [-0.3, -0.25) is 0 Å². The van der Waals surface area contributed by atoms with Gasteiger partial charge in [-0.25, -0.2) is 13.1 Å². The van der Waals surface area contributed by atoms with Crippen LogP contribution in [0.25, 0.3) is 0 Å². The number of rotatable bonds is 7. The zero-order valence-electron chi connectivity index (χ0n) is 12.2. The maximum Gasteiger partial charge on any atom is 0.240 e. The van der Waals surface area contributed by atoms with Crippen molar-refractivity contribution in [2.45, 2.75) is 31.8 Å². The summed E-state index contributed by atoms with van der Waals surface area (Å²) in [5, 5.41) is 3.19. The van der Waals surface area contributed by atoms with Crippen LogP contribution >= 0.6 is 11.3 Å². The highest BCUT2D eigenvalue weighted by molar-refractivity contribution is 7.89. The van der Waals surface area contributed by atoms with Crippen LogP contribution in [-0.2, 0) is 23.1 Å². The number of benzene rings is 1.